The van der Waals surface area contributed by atoms with Crippen molar-refractivity contribution in [2.24, 2.45) is 0 Å². The van der Waals surface area contributed by atoms with Gasteiger partial charge in [-0.25, -0.2) is 8.42 Å². The second-order valence-corrected chi connectivity index (χ2v) is 9.72. The van der Waals surface area contributed by atoms with E-state index in [0.717, 1.165) is 19.6 Å². The van der Waals surface area contributed by atoms with E-state index < -0.39 is 15.9 Å². The lowest BCUT2D eigenvalue weighted by atomic mass is 10.2. The molecule has 0 aliphatic rings. The zero-order valence-electron chi connectivity index (χ0n) is 20.5. The fraction of sp³-hybridized carbons (Fsp3) is 0.296. The van der Waals surface area contributed by atoms with E-state index in [0.29, 0.717) is 23.7 Å². The molecule has 0 atom stereocenters. The Morgan fingerprint density at radius 1 is 0.857 bits per heavy atom. The van der Waals surface area contributed by atoms with Crippen LogP contribution in [0.1, 0.15) is 31.1 Å². The van der Waals surface area contributed by atoms with E-state index in [9.17, 15) is 13.2 Å². The van der Waals surface area contributed by atoms with Crippen LogP contribution in [0.2, 0.25) is 0 Å². The van der Waals surface area contributed by atoms with E-state index in [1.165, 1.54) is 16.4 Å². The summed E-state index contributed by atoms with van der Waals surface area (Å²) in [5.41, 5.74) is 1.35. The first-order valence-corrected chi connectivity index (χ1v) is 13.3. The first-order chi connectivity index (χ1) is 16.9. The number of rotatable bonds is 12. The number of benzene rings is 3. The Balaban J connectivity index is 1.78. The van der Waals surface area contributed by atoms with Crippen molar-refractivity contribution in [3.8, 4) is 5.75 Å². The van der Waals surface area contributed by atoms with Gasteiger partial charge in [0, 0.05) is 18.7 Å². The number of carbonyl (C=O) groups is 1. The van der Waals surface area contributed by atoms with Gasteiger partial charge in [0.1, 0.15) is 12.4 Å². The minimum absolute atomic E-state index is 0.0552. The third kappa shape index (κ3) is 6.61. The number of nitrogens with one attached hydrogen (secondary N) is 1. The largest absolute Gasteiger partial charge is 0.490 e. The molecule has 186 valence electrons. The number of sulfonamides is 1. The van der Waals surface area contributed by atoms with Crippen LogP contribution in [0.15, 0.2) is 83.8 Å². The molecule has 0 unspecified atom stereocenters. The van der Waals surface area contributed by atoms with E-state index in [4.69, 9.17) is 4.74 Å². The topological polar surface area (TPSA) is 79.0 Å². The molecule has 0 fully saturated rings. The Hall–Kier alpha value is -3.36. The van der Waals surface area contributed by atoms with E-state index in [1.807, 2.05) is 18.2 Å². The highest BCUT2D eigenvalue weighted by atomic mass is 32.2. The average Bonchev–Trinajstić information content (AvgIpc) is 2.88. The molecule has 35 heavy (non-hydrogen) atoms. The minimum atomic E-state index is -3.84. The van der Waals surface area contributed by atoms with Crippen LogP contribution in [-0.4, -0.2) is 52.0 Å². The van der Waals surface area contributed by atoms with E-state index >= 15 is 0 Å². The number of ether oxygens (including phenoxy) is 1. The van der Waals surface area contributed by atoms with E-state index in [-0.39, 0.29) is 17.0 Å². The highest BCUT2D eigenvalue weighted by Gasteiger charge is 2.24. The lowest BCUT2D eigenvalue weighted by molar-refractivity contribution is 0.102. The number of hydrogen-bond acceptors (Lipinski definition) is 5. The van der Waals surface area contributed by atoms with Crippen molar-refractivity contribution in [3.63, 3.8) is 0 Å². The smallest absolute Gasteiger partial charge is 0.264 e. The number of likely N-dealkylation sites (N-methyl/N-ethyl adjacent to an activating group) is 1. The standard InChI is InChI=1S/C27H33N3O4S/c1-4-29(5-2)19-20-34-26-18-11-10-17-25(26)28-27(31)22-13-12-16-24(21-22)35(32,33)30(6-3)23-14-8-7-9-15-23/h7-18,21H,4-6,19-20H2,1-3H3,(H,28,31). The van der Waals surface area contributed by atoms with Gasteiger partial charge in [0.05, 0.1) is 16.3 Å². The highest BCUT2D eigenvalue weighted by Crippen LogP contribution is 2.26. The van der Waals surface area contributed by atoms with Gasteiger partial charge in [0.25, 0.3) is 15.9 Å². The van der Waals surface area contributed by atoms with Gasteiger partial charge < -0.3 is 15.0 Å². The zero-order chi connectivity index (χ0) is 25.3. The first kappa shape index (κ1) is 26.2. The normalized spacial score (nSPS) is 11.3. The van der Waals surface area contributed by atoms with Crippen LogP contribution in [-0.2, 0) is 10.0 Å². The molecule has 0 aliphatic heterocycles. The molecule has 3 rings (SSSR count). The Labute approximate surface area is 208 Å². The molecule has 8 heteroatoms. The zero-order valence-corrected chi connectivity index (χ0v) is 21.3. The molecular weight excluding hydrogens is 462 g/mol. The summed E-state index contributed by atoms with van der Waals surface area (Å²) >= 11 is 0. The van der Waals surface area contributed by atoms with Gasteiger partial charge in [-0.2, -0.15) is 0 Å². The fourth-order valence-electron chi connectivity index (χ4n) is 3.73. The summed E-state index contributed by atoms with van der Waals surface area (Å²) in [4.78, 5) is 15.4. The predicted molar refractivity (Wildman–Crippen MR) is 141 cm³/mol. The number of para-hydroxylation sites is 3. The Morgan fingerprint density at radius 3 is 2.23 bits per heavy atom. The van der Waals surface area contributed by atoms with Crippen LogP contribution in [0.5, 0.6) is 5.75 Å². The number of amides is 1. The van der Waals surface area contributed by atoms with Crippen LogP contribution < -0.4 is 14.4 Å². The van der Waals surface area contributed by atoms with Crippen LogP contribution >= 0.6 is 0 Å². The third-order valence-corrected chi connectivity index (χ3v) is 7.61. The number of carbonyl (C=O) groups excluding carboxylic acids is 1. The molecule has 7 nitrogen and oxygen atoms in total. The van der Waals surface area contributed by atoms with Crippen molar-refractivity contribution >= 4 is 27.3 Å². The highest BCUT2D eigenvalue weighted by molar-refractivity contribution is 7.92. The number of hydrogen-bond donors (Lipinski definition) is 1. The summed E-state index contributed by atoms with van der Waals surface area (Å²) in [6.45, 7) is 9.41. The van der Waals surface area contributed by atoms with Crippen molar-refractivity contribution in [1.82, 2.24) is 4.90 Å². The van der Waals surface area contributed by atoms with Crippen molar-refractivity contribution in [3.05, 3.63) is 84.4 Å². The molecule has 0 bridgehead atoms. The summed E-state index contributed by atoms with van der Waals surface area (Å²) in [5.74, 6) is 0.155. The van der Waals surface area contributed by atoms with E-state index in [2.05, 4.69) is 24.1 Å². The summed E-state index contributed by atoms with van der Waals surface area (Å²) in [6.07, 6.45) is 0. The molecule has 0 aliphatic carbocycles. The molecule has 1 amide bonds. The Bertz CT molecular complexity index is 1210. The van der Waals surface area contributed by atoms with Crippen LogP contribution in [0.25, 0.3) is 0 Å². The van der Waals surface area contributed by atoms with Crippen molar-refractivity contribution in [2.75, 3.05) is 42.4 Å². The molecule has 1 N–H and O–H groups in total. The maximum atomic E-state index is 13.3. The second-order valence-electron chi connectivity index (χ2n) is 7.86. The second kappa shape index (κ2) is 12.4. The van der Waals surface area contributed by atoms with Gasteiger partial charge in [0.2, 0.25) is 0 Å². The molecule has 0 aromatic heterocycles. The van der Waals surface area contributed by atoms with Gasteiger partial charge in [-0.15, -0.1) is 0 Å². The molecule has 0 saturated heterocycles. The summed E-state index contributed by atoms with van der Waals surface area (Å²) in [5, 5.41) is 2.86. The SMILES string of the molecule is CCN(CC)CCOc1ccccc1NC(=O)c1cccc(S(=O)(=O)N(CC)c2ccccc2)c1. The Kier molecular flexibility index (Phi) is 9.28. The van der Waals surface area contributed by atoms with Crippen LogP contribution in [0, 0.1) is 0 Å². The fourth-order valence-corrected chi connectivity index (χ4v) is 5.25. The molecule has 0 saturated carbocycles. The van der Waals surface area contributed by atoms with Gasteiger partial charge in [-0.1, -0.05) is 50.2 Å². The molecule has 0 spiro atoms. The molecule has 3 aromatic carbocycles. The lowest BCUT2D eigenvalue weighted by Crippen LogP contribution is -2.31. The van der Waals surface area contributed by atoms with Gasteiger partial charge in [0.15, 0.2) is 0 Å². The van der Waals surface area contributed by atoms with Crippen molar-refractivity contribution < 1.29 is 17.9 Å². The average molecular weight is 496 g/mol. The predicted octanol–water partition coefficient (Wildman–Crippen LogP) is 4.87. The first-order valence-electron chi connectivity index (χ1n) is 11.8. The van der Waals surface area contributed by atoms with E-state index in [1.54, 1.807) is 55.5 Å². The molecule has 3 aromatic rings. The summed E-state index contributed by atoms with van der Waals surface area (Å²) in [6, 6.07) is 22.2. The van der Waals surface area contributed by atoms with Gasteiger partial charge in [-0.3, -0.25) is 9.10 Å². The summed E-state index contributed by atoms with van der Waals surface area (Å²) in [7, 11) is -3.84. The van der Waals surface area contributed by atoms with Crippen LogP contribution in [0.3, 0.4) is 0 Å². The number of anilines is 2. The maximum absolute atomic E-state index is 13.3. The van der Waals surface area contributed by atoms with Gasteiger partial charge >= 0.3 is 0 Å². The van der Waals surface area contributed by atoms with Crippen molar-refractivity contribution in [2.45, 2.75) is 25.7 Å². The van der Waals surface area contributed by atoms with Gasteiger partial charge in [-0.05, 0) is 62.5 Å². The molecule has 0 heterocycles. The molecular formula is C27H33N3O4S. The minimum Gasteiger partial charge on any atom is -0.490 e. The maximum Gasteiger partial charge on any atom is 0.264 e. The number of nitrogens with zero attached hydrogens (tertiary/aromatic N) is 2. The third-order valence-electron chi connectivity index (χ3n) is 5.71. The monoisotopic (exact) mass is 495 g/mol. The lowest BCUT2D eigenvalue weighted by Gasteiger charge is -2.23. The van der Waals surface area contributed by atoms with Crippen LogP contribution in [0.4, 0.5) is 11.4 Å². The quantitative estimate of drug-likeness (QED) is 0.388. The van der Waals surface area contributed by atoms with Crippen molar-refractivity contribution in [1.29, 1.82) is 0 Å². The molecule has 0 radical (unpaired) electrons. The summed E-state index contributed by atoms with van der Waals surface area (Å²) < 4.78 is 33.9. The Morgan fingerprint density at radius 2 is 1.54 bits per heavy atom.